The highest BCUT2D eigenvalue weighted by atomic mass is 32.2. The van der Waals surface area contributed by atoms with E-state index in [2.05, 4.69) is 30.9 Å². The van der Waals surface area contributed by atoms with Crippen molar-refractivity contribution < 1.29 is 0 Å². The van der Waals surface area contributed by atoms with Gasteiger partial charge in [-0.1, -0.05) is 38.5 Å². The first-order valence-corrected chi connectivity index (χ1v) is 10.1. The molecular formula is C18H30N2S. The van der Waals surface area contributed by atoms with Gasteiger partial charge in [-0.05, 0) is 62.2 Å². The van der Waals surface area contributed by atoms with Crippen LogP contribution in [0.4, 0.5) is 0 Å². The van der Waals surface area contributed by atoms with E-state index in [4.69, 9.17) is 4.99 Å². The van der Waals surface area contributed by atoms with Crippen molar-refractivity contribution in [3.05, 3.63) is 0 Å². The number of aliphatic imine (C=N–C) groups is 1. The quantitative estimate of drug-likeness (QED) is 0.829. The van der Waals surface area contributed by atoms with Crippen molar-refractivity contribution in [2.24, 2.45) is 28.7 Å². The van der Waals surface area contributed by atoms with Crippen molar-refractivity contribution in [3.63, 3.8) is 0 Å². The van der Waals surface area contributed by atoms with Crippen LogP contribution in [0.3, 0.4) is 0 Å². The minimum Gasteiger partial charge on any atom is -0.359 e. The van der Waals surface area contributed by atoms with E-state index >= 15 is 0 Å². The molecule has 0 saturated heterocycles. The fourth-order valence-corrected chi connectivity index (χ4v) is 7.45. The van der Waals surface area contributed by atoms with E-state index < -0.39 is 0 Å². The number of hydrogen-bond acceptors (Lipinski definition) is 3. The summed E-state index contributed by atoms with van der Waals surface area (Å²) in [7, 11) is 0. The molecule has 4 saturated carbocycles. The topological polar surface area (TPSA) is 24.4 Å². The Morgan fingerprint density at radius 2 is 1.67 bits per heavy atom. The van der Waals surface area contributed by atoms with E-state index in [9.17, 15) is 0 Å². The van der Waals surface area contributed by atoms with Crippen LogP contribution in [0.15, 0.2) is 4.99 Å². The predicted octanol–water partition coefficient (Wildman–Crippen LogP) is 4.45. The molecule has 21 heavy (non-hydrogen) atoms. The van der Waals surface area contributed by atoms with Crippen LogP contribution in [-0.2, 0) is 0 Å². The second kappa shape index (κ2) is 5.47. The highest BCUT2D eigenvalue weighted by molar-refractivity contribution is 8.14. The highest BCUT2D eigenvalue weighted by Crippen LogP contribution is 2.55. The Labute approximate surface area is 133 Å². The Hall–Kier alpha value is -0.180. The molecule has 5 aliphatic rings. The van der Waals surface area contributed by atoms with E-state index in [1.165, 1.54) is 56.5 Å². The number of hydrogen-bond donors (Lipinski definition) is 1. The fourth-order valence-electron chi connectivity index (χ4n) is 6.01. The zero-order chi connectivity index (χ0) is 14.4. The Balaban J connectivity index is 1.41. The molecule has 1 N–H and O–H groups in total. The van der Waals surface area contributed by atoms with Gasteiger partial charge >= 0.3 is 0 Å². The Bertz CT molecular complexity index is 392. The third-order valence-electron chi connectivity index (χ3n) is 6.66. The molecule has 1 heterocycles. The third-order valence-corrected chi connectivity index (χ3v) is 7.95. The van der Waals surface area contributed by atoms with Crippen LogP contribution in [0.2, 0.25) is 0 Å². The maximum Gasteiger partial charge on any atom is 0.157 e. The molecule has 0 aromatic rings. The van der Waals surface area contributed by atoms with E-state index in [0.717, 1.165) is 35.5 Å². The van der Waals surface area contributed by atoms with Gasteiger partial charge in [0.2, 0.25) is 0 Å². The van der Waals surface area contributed by atoms with Gasteiger partial charge in [0.15, 0.2) is 5.17 Å². The molecule has 0 spiro atoms. The van der Waals surface area contributed by atoms with Gasteiger partial charge in [-0.25, -0.2) is 0 Å². The largest absolute Gasteiger partial charge is 0.359 e. The first-order valence-electron chi connectivity index (χ1n) is 9.19. The van der Waals surface area contributed by atoms with Crippen LogP contribution >= 0.6 is 11.8 Å². The summed E-state index contributed by atoms with van der Waals surface area (Å²) < 4.78 is 0. The molecule has 1 atom stereocenters. The highest BCUT2D eigenvalue weighted by Gasteiger charge is 2.51. The molecule has 0 aromatic heterocycles. The van der Waals surface area contributed by atoms with Crippen molar-refractivity contribution in [2.75, 3.05) is 6.54 Å². The van der Waals surface area contributed by atoms with E-state index in [1.807, 2.05) is 0 Å². The predicted molar refractivity (Wildman–Crippen MR) is 91.8 cm³/mol. The average Bonchev–Trinajstić information content (AvgIpc) is 2.86. The van der Waals surface area contributed by atoms with Crippen molar-refractivity contribution >= 4 is 16.9 Å². The van der Waals surface area contributed by atoms with E-state index in [0.29, 0.717) is 5.54 Å². The number of rotatable bonds is 4. The van der Waals surface area contributed by atoms with Crippen molar-refractivity contribution in [2.45, 2.75) is 76.0 Å². The molecule has 0 aromatic carbocycles. The molecule has 2 nitrogen and oxygen atoms in total. The fraction of sp³-hybridized carbons (Fsp3) is 0.944. The average molecular weight is 307 g/mol. The molecule has 4 bridgehead atoms. The number of nitrogens with one attached hydrogen (secondary N) is 1. The van der Waals surface area contributed by atoms with Gasteiger partial charge in [-0.2, -0.15) is 0 Å². The molecule has 0 radical (unpaired) electrons. The summed E-state index contributed by atoms with van der Waals surface area (Å²) >= 11 is 2.06. The summed E-state index contributed by atoms with van der Waals surface area (Å²) in [5.41, 5.74) is 0.434. The summed E-state index contributed by atoms with van der Waals surface area (Å²) in [6, 6.07) is 0. The molecule has 3 heteroatoms. The lowest BCUT2D eigenvalue weighted by atomic mass is 9.53. The zero-order valence-electron chi connectivity index (χ0n) is 13.6. The summed E-state index contributed by atoms with van der Waals surface area (Å²) in [5, 5.41) is 5.99. The standard InChI is InChI=1S/C18H30N2S/c1-3-15(4-2)16-11-19-17(21-16)20-18-8-12-5-13(9-18)7-14(6-12)10-18/h12-16H,3-11H2,1-2H3,(H,19,20). The molecule has 5 rings (SSSR count). The summed E-state index contributed by atoms with van der Waals surface area (Å²) in [6.45, 7) is 5.71. The smallest absolute Gasteiger partial charge is 0.157 e. The van der Waals surface area contributed by atoms with Gasteiger partial charge in [0.05, 0.1) is 6.54 Å². The zero-order valence-corrected chi connectivity index (χ0v) is 14.4. The van der Waals surface area contributed by atoms with Gasteiger partial charge in [0.1, 0.15) is 0 Å². The van der Waals surface area contributed by atoms with Crippen molar-refractivity contribution in [3.8, 4) is 0 Å². The summed E-state index contributed by atoms with van der Waals surface area (Å²) in [5.74, 6) is 3.90. The van der Waals surface area contributed by atoms with Gasteiger partial charge in [-0.15, -0.1) is 0 Å². The molecule has 0 amide bonds. The normalized spacial score (nSPS) is 44.4. The summed E-state index contributed by atoms with van der Waals surface area (Å²) in [4.78, 5) is 4.88. The lowest BCUT2D eigenvalue weighted by molar-refractivity contribution is -0.00962. The van der Waals surface area contributed by atoms with Crippen molar-refractivity contribution in [1.29, 1.82) is 0 Å². The maximum atomic E-state index is 4.88. The first-order chi connectivity index (χ1) is 10.2. The minimum atomic E-state index is 0.434. The second-order valence-electron chi connectivity index (χ2n) is 8.20. The lowest BCUT2D eigenvalue weighted by Crippen LogP contribution is -2.59. The van der Waals surface area contributed by atoms with Crippen LogP contribution < -0.4 is 5.32 Å². The van der Waals surface area contributed by atoms with Gasteiger partial charge in [0.25, 0.3) is 0 Å². The lowest BCUT2D eigenvalue weighted by Gasteiger charge is -2.57. The summed E-state index contributed by atoms with van der Waals surface area (Å²) in [6.07, 6.45) is 11.4. The molecular weight excluding hydrogens is 276 g/mol. The number of thioether (sulfide) groups is 1. The maximum absolute atomic E-state index is 4.88. The van der Waals surface area contributed by atoms with Crippen LogP contribution in [0.25, 0.3) is 0 Å². The minimum absolute atomic E-state index is 0.434. The molecule has 4 aliphatic carbocycles. The molecule has 1 aliphatic heterocycles. The molecule has 118 valence electrons. The monoisotopic (exact) mass is 306 g/mol. The molecule has 1 unspecified atom stereocenters. The SMILES string of the molecule is CCC(CC)C1CN=C(NC23CC4CC(CC(C4)C2)C3)S1. The van der Waals surface area contributed by atoms with E-state index in [1.54, 1.807) is 0 Å². The third kappa shape index (κ3) is 2.64. The van der Waals surface area contributed by atoms with Crippen LogP contribution in [0.5, 0.6) is 0 Å². The second-order valence-corrected chi connectivity index (χ2v) is 9.43. The van der Waals surface area contributed by atoms with Crippen LogP contribution in [-0.4, -0.2) is 22.5 Å². The van der Waals surface area contributed by atoms with Crippen molar-refractivity contribution in [1.82, 2.24) is 5.32 Å². The van der Waals surface area contributed by atoms with Gasteiger partial charge in [-0.3, -0.25) is 4.99 Å². The Kier molecular flexibility index (Phi) is 3.76. The van der Waals surface area contributed by atoms with Crippen LogP contribution in [0, 0.1) is 23.7 Å². The van der Waals surface area contributed by atoms with E-state index in [-0.39, 0.29) is 0 Å². The van der Waals surface area contributed by atoms with Crippen LogP contribution in [0.1, 0.15) is 65.2 Å². The van der Waals surface area contributed by atoms with Gasteiger partial charge < -0.3 is 5.32 Å². The number of amidine groups is 1. The molecule has 4 fully saturated rings. The number of nitrogens with zero attached hydrogens (tertiary/aromatic N) is 1. The Morgan fingerprint density at radius 1 is 1.10 bits per heavy atom. The first kappa shape index (κ1) is 14.4. The van der Waals surface area contributed by atoms with Gasteiger partial charge in [0, 0.05) is 10.8 Å². The Morgan fingerprint density at radius 3 is 2.19 bits per heavy atom.